The van der Waals surface area contributed by atoms with Crippen molar-refractivity contribution in [1.29, 1.82) is 0 Å². The van der Waals surface area contributed by atoms with Gasteiger partial charge in [-0.25, -0.2) is 4.79 Å². The molecule has 1 saturated carbocycles. The second-order valence-corrected chi connectivity index (χ2v) is 5.91. The van der Waals surface area contributed by atoms with Crippen molar-refractivity contribution in [2.75, 3.05) is 0 Å². The van der Waals surface area contributed by atoms with Crippen molar-refractivity contribution in [3.05, 3.63) is 21.9 Å². The highest BCUT2D eigenvalue weighted by Crippen LogP contribution is 2.31. The lowest BCUT2D eigenvalue weighted by molar-refractivity contribution is 0.00874. The molecule has 0 aliphatic heterocycles. The van der Waals surface area contributed by atoms with Gasteiger partial charge in [0.25, 0.3) is 0 Å². The van der Waals surface area contributed by atoms with Gasteiger partial charge in [-0.15, -0.1) is 10.2 Å². The third-order valence-electron chi connectivity index (χ3n) is 3.76. The Morgan fingerprint density at radius 2 is 2.00 bits per heavy atom. The molecule has 0 amide bonds. The van der Waals surface area contributed by atoms with Gasteiger partial charge in [0.1, 0.15) is 11.7 Å². The largest absolute Gasteiger partial charge is 0.459 e. The van der Waals surface area contributed by atoms with E-state index in [-0.39, 0.29) is 22.0 Å². The monoisotopic (exact) mass is 302 g/mol. The lowest BCUT2D eigenvalue weighted by Crippen LogP contribution is -2.28. The summed E-state index contributed by atoms with van der Waals surface area (Å²) in [6.07, 6.45) is 2.79. The number of hydrogen-bond acceptors (Lipinski definition) is 4. The van der Waals surface area contributed by atoms with Crippen LogP contribution in [0.5, 0.6) is 0 Å². The molecule has 104 valence electrons. The van der Waals surface area contributed by atoms with Crippen LogP contribution >= 0.6 is 23.2 Å². The summed E-state index contributed by atoms with van der Waals surface area (Å²) in [6, 6.07) is 1.38. The highest BCUT2D eigenvalue weighted by molar-refractivity contribution is 6.33. The van der Waals surface area contributed by atoms with E-state index in [1.54, 1.807) is 0 Å². The van der Waals surface area contributed by atoms with Crippen LogP contribution in [0.3, 0.4) is 0 Å². The Labute approximate surface area is 122 Å². The fraction of sp³-hybridized carbons (Fsp3) is 0.615. The predicted molar refractivity (Wildman–Crippen MR) is 73.4 cm³/mol. The molecule has 4 nitrogen and oxygen atoms in total. The van der Waals surface area contributed by atoms with Crippen LogP contribution < -0.4 is 0 Å². The molecule has 1 aliphatic rings. The van der Waals surface area contributed by atoms with E-state index in [2.05, 4.69) is 24.0 Å². The topological polar surface area (TPSA) is 52.1 Å². The molecule has 1 fully saturated rings. The zero-order valence-corrected chi connectivity index (χ0v) is 12.4. The van der Waals surface area contributed by atoms with E-state index < -0.39 is 5.97 Å². The van der Waals surface area contributed by atoms with Gasteiger partial charge in [0, 0.05) is 0 Å². The molecule has 1 heterocycles. The van der Waals surface area contributed by atoms with Crippen molar-refractivity contribution in [2.45, 2.75) is 39.2 Å². The third kappa shape index (κ3) is 3.57. The van der Waals surface area contributed by atoms with Crippen LogP contribution in [0, 0.1) is 11.8 Å². The van der Waals surface area contributed by atoms with Gasteiger partial charge in [0.2, 0.25) is 0 Å². The van der Waals surface area contributed by atoms with E-state index in [1.165, 1.54) is 6.07 Å². The van der Waals surface area contributed by atoms with Crippen LogP contribution in [-0.2, 0) is 4.74 Å². The lowest BCUT2D eigenvalue weighted by Gasteiger charge is -2.31. The van der Waals surface area contributed by atoms with Gasteiger partial charge in [-0.2, -0.15) is 0 Å². The maximum Gasteiger partial charge on any atom is 0.341 e. The van der Waals surface area contributed by atoms with Crippen molar-refractivity contribution < 1.29 is 9.53 Å². The second kappa shape index (κ2) is 6.06. The maximum atomic E-state index is 12.0. The Hall–Kier alpha value is -0.870. The first-order valence-electron chi connectivity index (χ1n) is 6.37. The third-order valence-corrected chi connectivity index (χ3v) is 4.23. The van der Waals surface area contributed by atoms with E-state index in [1.807, 2.05) is 0 Å². The molecular formula is C13H16Cl2N2O2. The van der Waals surface area contributed by atoms with Crippen LogP contribution in [0.1, 0.15) is 43.5 Å². The molecular weight excluding hydrogens is 287 g/mol. The normalized spacial score (nSPS) is 27.1. The van der Waals surface area contributed by atoms with Gasteiger partial charge in [0.15, 0.2) is 10.3 Å². The molecule has 1 aromatic heterocycles. The number of rotatable bonds is 2. The minimum Gasteiger partial charge on any atom is -0.459 e. The summed E-state index contributed by atoms with van der Waals surface area (Å²) in [7, 11) is 0. The van der Waals surface area contributed by atoms with Crippen molar-refractivity contribution in [2.24, 2.45) is 11.8 Å². The zero-order valence-electron chi connectivity index (χ0n) is 10.9. The van der Waals surface area contributed by atoms with Crippen molar-refractivity contribution in [1.82, 2.24) is 10.2 Å². The molecule has 1 aliphatic carbocycles. The van der Waals surface area contributed by atoms with Crippen LogP contribution in [-0.4, -0.2) is 22.3 Å². The van der Waals surface area contributed by atoms with Crippen LogP contribution in [0.25, 0.3) is 0 Å². The molecule has 3 unspecified atom stereocenters. The van der Waals surface area contributed by atoms with Gasteiger partial charge in [-0.3, -0.25) is 0 Å². The predicted octanol–water partition coefficient (Wildman–Crippen LogP) is 3.76. The second-order valence-electron chi connectivity index (χ2n) is 5.17. The molecule has 19 heavy (non-hydrogen) atoms. The Balaban J connectivity index is 2.03. The first-order valence-corrected chi connectivity index (χ1v) is 7.12. The minimum atomic E-state index is -0.478. The van der Waals surface area contributed by atoms with Crippen LogP contribution in [0.2, 0.25) is 10.3 Å². The summed E-state index contributed by atoms with van der Waals surface area (Å²) < 4.78 is 5.48. The van der Waals surface area contributed by atoms with E-state index in [0.29, 0.717) is 11.8 Å². The first-order chi connectivity index (χ1) is 8.97. The van der Waals surface area contributed by atoms with Gasteiger partial charge < -0.3 is 4.74 Å². The van der Waals surface area contributed by atoms with E-state index in [9.17, 15) is 4.79 Å². The molecule has 0 radical (unpaired) electrons. The Kier molecular flexibility index (Phi) is 4.63. The first kappa shape index (κ1) is 14.5. The summed E-state index contributed by atoms with van der Waals surface area (Å²) in [5.41, 5.74) is 0.174. The molecule has 0 saturated heterocycles. The molecule has 0 N–H and O–H groups in total. The Morgan fingerprint density at radius 3 is 2.68 bits per heavy atom. The van der Waals surface area contributed by atoms with Gasteiger partial charge in [-0.05, 0) is 37.2 Å². The smallest absolute Gasteiger partial charge is 0.341 e. The Bertz CT molecular complexity index is 482. The summed E-state index contributed by atoms with van der Waals surface area (Å²) in [6.45, 7) is 4.41. The van der Waals surface area contributed by atoms with E-state index in [0.717, 1.165) is 19.3 Å². The van der Waals surface area contributed by atoms with Gasteiger partial charge >= 0.3 is 5.97 Å². The van der Waals surface area contributed by atoms with Crippen molar-refractivity contribution in [3.63, 3.8) is 0 Å². The fourth-order valence-corrected chi connectivity index (χ4v) is 2.63. The average molecular weight is 303 g/mol. The summed E-state index contributed by atoms with van der Waals surface area (Å²) in [5.74, 6) is 0.755. The molecule has 3 atom stereocenters. The zero-order chi connectivity index (χ0) is 14.0. The number of ether oxygens (including phenoxy) is 1. The molecule has 0 aromatic carbocycles. The number of nitrogens with zero attached hydrogens (tertiary/aromatic N) is 2. The highest BCUT2D eigenvalue weighted by Gasteiger charge is 2.28. The summed E-state index contributed by atoms with van der Waals surface area (Å²) >= 11 is 11.5. The van der Waals surface area contributed by atoms with Crippen molar-refractivity contribution >= 4 is 29.2 Å². The van der Waals surface area contributed by atoms with Gasteiger partial charge in [-0.1, -0.05) is 37.0 Å². The average Bonchev–Trinajstić information content (AvgIpc) is 2.36. The molecule has 6 heteroatoms. The summed E-state index contributed by atoms with van der Waals surface area (Å²) in [4.78, 5) is 12.0. The summed E-state index contributed by atoms with van der Waals surface area (Å²) in [5, 5.41) is 7.32. The van der Waals surface area contributed by atoms with Crippen LogP contribution in [0.15, 0.2) is 6.07 Å². The quantitative estimate of drug-likeness (QED) is 0.780. The molecule has 2 rings (SSSR count). The van der Waals surface area contributed by atoms with Crippen molar-refractivity contribution in [3.8, 4) is 0 Å². The van der Waals surface area contributed by atoms with E-state index >= 15 is 0 Å². The SMILES string of the molecule is CC1CCC(OC(=O)c2cc(Cl)nnc2Cl)CC1C. The molecule has 0 spiro atoms. The number of carbonyl (C=O) groups excluding carboxylic acids is 1. The number of esters is 1. The minimum absolute atomic E-state index is 0.0200. The molecule has 1 aromatic rings. The van der Waals surface area contributed by atoms with Crippen LogP contribution in [0.4, 0.5) is 0 Å². The standard InChI is InChI=1S/C13H16Cl2N2O2/c1-7-3-4-9(5-8(7)2)19-13(18)10-6-11(14)16-17-12(10)15/h6-9H,3-5H2,1-2H3. The lowest BCUT2D eigenvalue weighted by atomic mass is 9.80. The number of carbonyl (C=O) groups is 1. The van der Waals surface area contributed by atoms with Gasteiger partial charge in [0.05, 0.1) is 0 Å². The Morgan fingerprint density at radius 1 is 1.26 bits per heavy atom. The molecule has 0 bridgehead atoms. The highest BCUT2D eigenvalue weighted by atomic mass is 35.5. The maximum absolute atomic E-state index is 12.0. The number of aromatic nitrogens is 2. The number of halogens is 2. The van der Waals surface area contributed by atoms with E-state index in [4.69, 9.17) is 27.9 Å². The fourth-order valence-electron chi connectivity index (χ4n) is 2.32. The number of hydrogen-bond donors (Lipinski definition) is 0.